The molecule has 0 radical (unpaired) electrons. The molecule has 3 nitrogen and oxygen atoms in total. The minimum Gasteiger partial charge on any atom is -0.388 e. The Labute approximate surface area is 96.0 Å². The molecule has 1 aromatic carbocycles. The molecule has 1 atom stereocenters. The van der Waals surface area contributed by atoms with Gasteiger partial charge in [-0.3, -0.25) is 4.79 Å². The van der Waals surface area contributed by atoms with E-state index in [1.54, 1.807) is 20.2 Å². The molecular weight excluding hydrogens is 202 g/mol. The monoisotopic (exact) mass is 219 g/mol. The van der Waals surface area contributed by atoms with Gasteiger partial charge < -0.3 is 10.0 Å². The maximum Gasteiger partial charge on any atom is 0.245 e. The van der Waals surface area contributed by atoms with Crippen molar-refractivity contribution in [3.63, 3.8) is 0 Å². The van der Waals surface area contributed by atoms with E-state index < -0.39 is 6.10 Å². The lowest BCUT2D eigenvalue weighted by molar-refractivity contribution is -0.123. The highest BCUT2D eigenvalue weighted by Gasteiger charge is 2.04. The van der Waals surface area contributed by atoms with Crippen LogP contribution in [0.25, 0.3) is 0 Å². The van der Waals surface area contributed by atoms with Crippen molar-refractivity contribution in [2.24, 2.45) is 0 Å². The number of hydrogen-bond donors (Lipinski definition) is 1. The molecule has 1 amide bonds. The number of hydrogen-bond acceptors (Lipinski definition) is 2. The van der Waals surface area contributed by atoms with E-state index in [1.807, 2.05) is 30.3 Å². The van der Waals surface area contributed by atoms with Gasteiger partial charge in [-0.25, -0.2) is 0 Å². The van der Waals surface area contributed by atoms with E-state index in [1.165, 1.54) is 11.0 Å². The Bertz CT molecular complexity index is 357. The number of nitrogens with zero attached hydrogens (tertiary/aromatic N) is 1. The van der Waals surface area contributed by atoms with Crippen LogP contribution in [-0.2, 0) is 4.79 Å². The number of aliphatic hydroxyl groups excluding tert-OH is 1. The third kappa shape index (κ3) is 3.87. The maximum atomic E-state index is 11.2. The van der Waals surface area contributed by atoms with Crippen molar-refractivity contribution in [2.75, 3.05) is 14.1 Å². The van der Waals surface area contributed by atoms with Crippen LogP contribution in [0.15, 0.2) is 42.5 Å². The summed E-state index contributed by atoms with van der Waals surface area (Å²) in [6.45, 7) is 0. The molecule has 0 aliphatic carbocycles. The SMILES string of the molecule is CN(C)C(=O)/C=C/C[C@@H](O)c1ccccc1. The zero-order valence-corrected chi connectivity index (χ0v) is 9.63. The predicted octanol–water partition coefficient (Wildman–Crippen LogP) is 1.75. The first-order valence-corrected chi connectivity index (χ1v) is 5.22. The molecule has 0 unspecified atom stereocenters. The van der Waals surface area contributed by atoms with Crippen molar-refractivity contribution in [1.82, 2.24) is 4.90 Å². The number of amides is 1. The zero-order valence-electron chi connectivity index (χ0n) is 9.63. The molecule has 0 fully saturated rings. The zero-order chi connectivity index (χ0) is 12.0. The summed E-state index contributed by atoms with van der Waals surface area (Å²) in [5.41, 5.74) is 0.865. The minimum absolute atomic E-state index is 0.0692. The molecule has 0 spiro atoms. The molecule has 1 N–H and O–H groups in total. The predicted molar refractivity (Wildman–Crippen MR) is 63.9 cm³/mol. The van der Waals surface area contributed by atoms with Gasteiger partial charge in [-0.2, -0.15) is 0 Å². The Balaban J connectivity index is 2.47. The second kappa shape index (κ2) is 6.08. The van der Waals surface area contributed by atoms with E-state index >= 15 is 0 Å². The van der Waals surface area contributed by atoms with Crippen LogP contribution in [-0.4, -0.2) is 30.0 Å². The molecule has 1 aromatic rings. The topological polar surface area (TPSA) is 40.5 Å². The molecule has 0 aromatic heterocycles. The summed E-state index contributed by atoms with van der Waals surface area (Å²) in [7, 11) is 3.39. The van der Waals surface area contributed by atoms with E-state index in [9.17, 15) is 9.90 Å². The molecule has 0 aliphatic heterocycles. The molecular formula is C13H17NO2. The average molecular weight is 219 g/mol. The molecule has 16 heavy (non-hydrogen) atoms. The highest BCUT2D eigenvalue weighted by molar-refractivity contribution is 5.87. The van der Waals surface area contributed by atoms with Gasteiger partial charge in [-0.15, -0.1) is 0 Å². The maximum absolute atomic E-state index is 11.2. The Morgan fingerprint density at radius 2 is 2.00 bits per heavy atom. The lowest BCUT2D eigenvalue weighted by atomic mass is 10.1. The molecule has 86 valence electrons. The fraction of sp³-hybridized carbons (Fsp3) is 0.308. The number of rotatable bonds is 4. The van der Waals surface area contributed by atoms with Gasteiger partial charge in [-0.05, 0) is 18.1 Å². The van der Waals surface area contributed by atoms with Gasteiger partial charge in [0.05, 0.1) is 6.10 Å². The third-order valence-corrected chi connectivity index (χ3v) is 2.24. The van der Waals surface area contributed by atoms with Crippen LogP contribution in [0.3, 0.4) is 0 Å². The van der Waals surface area contributed by atoms with Crippen LogP contribution < -0.4 is 0 Å². The summed E-state index contributed by atoms with van der Waals surface area (Å²) in [5.74, 6) is -0.0692. The summed E-state index contributed by atoms with van der Waals surface area (Å²) < 4.78 is 0. The fourth-order valence-electron chi connectivity index (χ4n) is 1.26. The van der Waals surface area contributed by atoms with Crippen molar-refractivity contribution >= 4 is 5.91 Å². The smallest absolute Gasteiger partial charge is 0.245 e. The lowest BCUT2D eigenvalue weighted by Gasteiger charge is -2.08. The largest absolute Gasteiger partial charge is 0.388 e. The van der Waals surface area contributed by atoms with Gasteiger partial charge in [0, 0.05) is 14.1 Å². The first kappa shape index (κ1) is 12.5. The Kier molecular flexibility index (Phi) is 4.73. The van der Waals surface area contributed by atoms with Gasteiger partial charge in [0.15, 0.2) is 0 Å². The first-order chi connectivity index (χ1) is 7.61. The van der Waals surface area contributed by atoms with Crippen LogP contribution in [0.1, 0.15) is 18.1 Å². The van der Waals surface area contributed by atoms with E-state index in [4.69, 9.17) is 0 Å². The fourth-order valence-corrected chi connectivity index (χ4v) is 1.26. The number of carbonyl (C=O) groups is 1. The van der Waals surface area contributed by atoms with E-state index in [-0.39, 0.29) is 5.91 Å². The number of aliphatic hydroxyl groups is 1. The first-order valence-electron chi connectivity index (χ1n) is 5.22. The van der Waals surface area contributed by atoms with E-state index in [0.717, 1.165) is 5.56 Å². The van der Waals surface area contributed by atoms with Crippen LogP contribution in [0, 0.1) is 0 Å². The third-order valence-electron chi connectivity index (χ3n) is 2.24. The lowest BCUT2D eigenvalue weighted by Crippen LogP contribution is -2.18. The van der Waals surface area contributed by atoms with Gasteiger partial charge in [0.1, 0.15) is 0 Å². The second-order valence-electron chi connectivity index (χ2n) is 3.80. The summed E-state index contributed by atoms with van der Waals surface area (Å²) in [6.07, 6.45) is 3.07. The second-order valence-corrected chi connectivity index (χ2v) is 3.80. The minimum atomic E-state index is -0.549. The van der Waals surface area contributed by atoms with Gasteiger partial charge in [-0.1, -0.05) is 36.4 Å². The molecule has 0 heterocycles. The quantitative estimate of drug-likeness (QED) is 0.784. The van der Waals surface area contributed by atoms with E-state index in [2.05, 4.69) is 0 Å². The standard InChI is InChI=1S/C13H17NO2/c1-14(2)13(16)10-6-9-12(15)11-7-4-3-5-8-11/h3-8,10,12,15H,9H2,1-2H3/b10-6+/t12-/m1/s1. The Morgan fingerprint density at radius 3 is 2.56 bits per heavy atom. The molecule has 3 heteroatoms. The van der Waals surface area contributed by atoms with Crippen molar-refractivity contribution < 1.29 is 9.90 Å². The van der Waals surface area contributed by atoms with E-state index in [0.29, 0.717) is 6.42 Å². The molecule has 0 aliphatic rings. The Hall–Kier alpha value is -1.61. The van der Waals surface area contributed by atoms with Crippen molar-refractivity contribution in [3.8, 4) is 0 Å². The molecule has 1 rings (SSSR count). The highest BCUT2D eigenvalue weighted by Crippen LogP contribution is 2.15. The van der Waals surface area contributed by atoms with Crippen molar-refractivity contribution in [1.29, 1.82) is 0 Å². The molecule has 0 saturated heterocycles. The van der Waals surface area contributed by atoms with Gasteiger partial charge >= 0.3 is 0 Å². The van der Waals surface area contributed by atoms with Crippen LogP contribution in [0.2, 0.25) is 0 Å². The molecule has 0 bridgehead atoms. The highest BCUT2D eigenvalue weighted by atomic mass is 16.3. The summed E-state index contributed by atoms with van der Waals surface area (Å²) >= 11 is 0. The van der Waals surface area contributed by atoms with Crippen molar-refractivity contribution in [2.45, 2.75) is 12.5 Å². The summed E-state index contributed by atoms with van der Waals surface area (Å²) in [6, 6.07) is 9.40. The number of likely N-dealkylation sites (N-methyl/N-ethyl adjacent to an activating group) is 1. The van der Waals surface area contributed by atoms with Crippen LogP contribution >= 0.6 is 0 Å². The Morgan fingerprint density at radius 1 is 1.38 bits per heavy atom. The van der Waals surface area contributed by atoms with Crippen LogP contribution in [0.5, 0.6) is 0 Å². The molecule has 0 saturated carbocycles. The number of carbonyl (C=O) groups excluding carboxylic acids is 1. The summed E-state index contributed by atoms with van der Waals surface area (Å²) in [5, 5.41) is 9.80. The van der Waals surface area contributed by atoms with Gasteiger partial charge in [0.2, 0.25) is 5.91 Å². The van der Waals surface area contributed by atoms with Gasteiger partial charge in [0.25, 0.3) is 0 Å². The van der Waals surface area contributed by atoms with Crippen LogP contribution in [0.4, 0.5) is 0 Å². The average Bonchev–Trinajstić information content (AvgIpc) is 2.29. The number of benzene rings is 1. The van der Waals surface area contributed by atoms with Crippen molar-refractivity contribution in [3.05, 3.63) is 48.0 Å². The summed E-state index contributed by atoms with van der Waals surface area (Å²) in [4.78, 5) is 12.7. The normalized spacial score (nSPS) is 12.7.